The summed E-state index contributed by atoms with van der Waals surface area (Å²) in [5, 5.41) is 1.06. The van der Waals surface area contributed by atoms with Crippen molar-refractivity contribution in [2.45, 2.75) is 19.3 Å². The first kappa shape index (κ1) is 12.0. The summed E-state index contributed by atoms with van der Waals surface area (Å²) in [7, 11) is 1.47. The summed E-state index contributed by atoms with van der Waals surface area (Å²) in [5.41, 5.74) is 0. The van der Waals surface area contributed by atoms with Gasteiger partial charge in [0, 0.05) is 5.33 Å². The van der Waals surface area contributed by atoms with E-state index in [1.54, 1.807) is 0 Å². The molecule has 1 heterocycles. The Kier molecular flexibility index (Phi) is 5.48. The van der Waals surface area contributed by atoms with E-state index in [0.29, 0.717) is 0 Å². The molecule has 0 radical (unpaired) electrons. The number of ether oxygens (including phenoxy) is 1. The van der Waals surface area contributed by atoms with E-state index in [1.165, 1.54) is 13.5 Å². The van der Waals surface area contributed by atoms with Crippen LogP contribution in [0.4, 0.5) is 0 Å². The van der Waals surface area contributed by atoms with E-state index in [1.807, 2.05) is 0 Å². The quantitative estimate of drug-likeness (QED) is 0.571. The fourth-order valence-corrected chi connectivity index (χ4v) is 2.09. The van der Waals surface area contributed by atoms with Crippen LogP contribution in [0.5, 0.6) is 0 Å². The number of esters is 1. The molecule has 82 valence electrons. The van der Waals surface area contributed by atoms with Crippen LogP contribution in [0.3, 0.4) is 0 Å². The maximum atomic E-state index is 11.2. The number of rotatable bonds is 4. The van der Waals surface area contributed by atoms with Crippen LogP contribution in [-0.4, -0.2) is 42.9 Å². The highest BCUT2D eigenvalue weighted by Crippen LogP contribution is 2.18. The molecule has 0 unspecified atom stereocenters. The number of hydrogen-bond donors (Lipinski definition) is 0. The van der Waals surface area contributed by atoms with Gasteiger partial charge in [-0.15, -0.1) is 0 Å². The van der Waals surface area contributed by atoms with Crippen molar-refractivity contribution < 1.29 is 9.53 Å². The summed E-state index contributed by atoms with van der Waals surface area (Å²) in [4.78, 5) is 13.7. The lowest BCUT2D eigenvalue weighted by Gasteiger charge is -2.30. The third-order valence-corrected chi connectivity index (χ3v) is 3.29. The Morgan fingerprint density at radius 1 is 1.50 bits per heavy atom. The molecule has 0 aromatic heterocycles. The lowest BCUT2D eigenvalue weighted by Crippen LogP contribution is -2.37. The second kappa shape index (κ2) is 6.40. The average Bonchev–Trinajstić information content (AvgIpc) is 2.26. The van der Waals surface area contributed by atoms with Crippen LogP contribution >= 0.6 is 15.9 Å². The molecule has 0 atom stereocenters. The lowest BCUT2D eigenvalue weighted by atomic mass is 9.97. The molecule has 0 amide bonds. The van der Waals surface area contributed by atoms with Crippen molar-refractivity contribution in [3.63, 3.8) is 0 Å². The largest absolute Gasteiger partial charge is 0.469 e. The first-order valence-electron chi connectivity index (χ1n) is 5.14. The molecule has 0 N–H and O–H groups in total. The normalized spacial score (nSPS) is 19.6. The minimum atomic E-state index is -0.0369. The van der Waals surface area contributed by atoms with Gasteiger partial charge in [-0.1, -0.05) is 15.9 Å². The minimum absolute atomic E-state index is 0.0369. The van der Waals surface area contributed by atoms with Crippen molar-refractivity contribution in [2.75, 3.05) is 32.1 Å². The molecule has 1 rings (SSSR count). The second-order valence-corrected chi connectivity index (χ2v) is 4.47. The van der Waals surface area contributed by atoms with Gasteiger partial charge in [0.05, 0.1) is 13.0 Å². The lowest BCUT2D eigenvalue weighted by molar-refractivity contribution is -0.147. The summed E-state index contributed by atoms with van der Waals surface area (Å²) in [6, 6.07) is 0. The number of hydrogen-bond acceptors (Lipinski definition) is 3. The SMILES string of the molecule is COC(=O)C1CCN(CCCBr)CC1. The monoisotopic (exact) mass is 263 g/mol. The van der Waals surface area contributed by atoms with E-state index in [4.69, 9.17) is 4.74 Å². The molecule has 1 saturated heterocycles. The van der Waals surface area contributed by atoms with Crippen LogP contribution in [0, 0.1) is 5.92 Å². The van der Waals surface area contributed by atoms with Crippen LogP contribution in [0.15, 0.2) is 0 Å². The molecule has 0 aromatic carbocycles. The van der Waals surface area contributed by atoms with Crippen molar-refractivity contribution in [3.8, 4) is 0 Å². The van der Waals surface area contributed by atoms with Crippen molar-refractivity contribution in [3.05, 3.63) is 0 Å². The van der Waals surface area contributed by atoms with Gasteiger partial charge >= 0.3 is 5.97 Å². The molecule has 0 aromatic rings. The van der Waals surface area contributed by atoms with E-state index in [-0.39, 0.29) is 11.9 Å². The summed E-state index contributed by atoms with van der Waals surface area (Å²) in [6.45, 7) is 3.21. The summed E-state index contributed by atoms with van der Waals surface area (Å²) < 4.78 is 4.74. The average molecular weight is 264 g/mol. The van der Waals surface area contributed by atoms with Crippen molar-refractivity contribution >= 4 is 21.9 Å². The Morgan fingerprint density at radius 2 is 2.14 bits per heavy atom. The van der Waals surface area contributed by atoms with Gasteiger partial charge in [-0.3, -0.25) is 4.79 Å². The van der Waals surface area contributed by atoms with Crippen LogP contribution < -0.4 is 0 Å². The number of likely N-dealkylation sites (tertiary alicyclic amines) is 1. The number of methoxy groups -OCH3 is 1. The summed E-state index contributed by atoms with van der Waals surface area (Å²) >= 11 is 3.42. The van der Waals surface area contributed by atoms with Gasteiger partial charge in [-0.2, -0.15) is 0 Å². The molecule has 1 aliphatic rings. The van der Waals surface area contributed by atoms with E-state index in [2.05, 4.69) is 20.8 Å². The number of halogens is 1. The van der Waals surface area contributed by atoms with Crippen LogP contribution in [0.1, 0.15) is 19.3 Å². The molecule has 14 heavy (non-hydrogen) atoms. The molecule has 1 fully saturated rings. The van der Waals surface area contributed by atoms with E-state index >= 15 is 0 Å². The third-order valence-electron chi connectivity index (χ3n) is 2.73. The first-order chi connectivity index (χ1) is 6.77. The van der Waals surface area contributed by atoms with E-state index in [9.17, 15) is 4.79 Å². The first-order valence-corrected chi connectivity index (χ1v) is 6.26. The highest BCUT2D eigenvalue weighted by atomic mass is 79.9. The van der Waals surface area contributed by atoms with E-state index < -0.39 is 0 Å². The van der Waals surface area contributed by atoms with Crippen molar-refractivity contribution in [1.82, 2.24) is 4.90 Å². The maximum absolute atomic E-state index is 11.2. The van der Waals surface area contributed by atoms with Gasteiger partial charge in [-0.05, 0) is 38.9 Å². The van der Waals surface area contributed by atoms with Gasteiger partial charge < -0.3 is 9.64 Å². The third kappa shape index (κ3) is 3.58. The van der Waals surface area contributed by atoms with Gasteiger partial charge in [0.25, 0.3) is 0 Å². The highest BCUT2D eigenvalue weighted by molar-refractivity contribution is 9.09. The molecule has 3 nitrogen and oxygen atoms in total. The topological polar surface area (TPSA) is 29.5 Å². The molecular formula is C10H18BrNO2. The predicted octanol–water partition coefficient (Wildman–Crippen LogP) is 1.66. The zero-order chi connectivity index (χ0) is 10.4. The molecule has 4 heteroatoms. The highest BCUT2D eigenvalue weighted by Gasteiger charge is 2.24. The molecule has 0 spiro atoms. The van der Waals surface area contributed by atoms with Crippen molar-refractivity contribution in [1.29, 1.82) is 0 Å². The number of nitrogens with zero attached hydrogens (tertiary/aromatic N) is 1. The number of carbonyl (C=O) groups is 1. The molecule has 0 saturated carbocycles. The maximum Gasteiger partial charge on any atom is 0.308 e. The Labute approximate surface area is 93.9 Å². The van der Waals surface area contributed by atoms with Crippen LogP contribution in [-0.2, 0) is 9.53 Å². The van der Waals surface area contributed by atoms with Crippen LogP contribution in [0.25, 0.3) is 0 Å². The standard InChI is InChI=1S/C10H18BrNO2/c1-14-10(13)9-3-7-12(8-4-9)6-2-5-11/h9H,2-8H2,1H3. The van der Waals surface area contributed by atoms with Gasteiger partial charge in [0.1, 0.15) is 0 Å². The van der Waals surface area contributed by atoms with Crippen LogP contribution in [0.2, 0.25) is 0 Å². The molecule has 0 bridgehead atoms. The van der Waals surface area contributed by atoms with Gasteiger partial charge in [0.15, 0.2) is 0 Å². The fraction of sp³-hybridized carbons (Fsp3) is 0.900. The predicted molar refractivity (Wildman–Crippen MR) is 59.6 cm³/mol. The second-order valence-electron chi connectivity index (χ2n) is 3.68. The Balaban J connectivity index is 2.20. The molecule has 1 aliphatic heterocycles. The fourth-order valence-electron chi connectivity index (χ4n) is 1.84. The summed E-state index contributed by atoms with van der Waals surface area (Å²) in [5.74, 6) is 0.102. The molecular weight excluding hydrogens is 246 g/mol. The Bertz CT molecular complexity index is 179. The Morgan fingerprint density at radius 3 is 2.64 bits per heavy atom. The smallest absolute Gasteiger partial charge is 0.308 e. The zero-order valence-corrected chi connectivity index (χ0v) is 10.3. The molecule has 0 aliphatic carbocycles. The van der Waals surface area contributed by atoms with Crippen molar-refractivity contribution in [2.24, 2.45) is 5.92 Å². The van der Waals surface area contributed by atoms with Gasteiger partial charge in [-0.25, -0.2) is 0 Å². The van der Waals surface area contributed by atoms with E-state index in [0.717, 1.165) is 37.8 Å². The zero-order valence-electron chi connectivity index (χ0n) is 8.67. The summed E-state index contributed by atoms with van der Waals surface area (Å²) in [6.07, 6.45) is 3.09. The number of alkyl halides is 1. The number of piperidine rings is 1. The minimum Gasteiger partial charge on any atom is -0.469 e. The van der Waals surface area contributed by atoms with Gasteiger partial charge in [0.2, 0.25) is 0 Å². The Hall–Kier alpha value is -0.0900. The number of carbonyl (C=O) groups excluding carboxylic acids is 1.